The summed E-state index contributed by atoms with van der Waals surface area (Å²) in [6, 6.07) is 13.5. The molecule has 134 valence electrons. The molecule has 0 fully saturated rings. The maximum atomic E-state index is 12.9. The lowest BCUT2D eigenvalue weighted by Crippen LogP contribution is -2.30. The van der Waals surface area contributed by atoms with Crippen LogP contribution in [0.3, 0.4) is 0 Å². The molecule has 0 atom stereocenters. The van der Waals surface area contributed by atoms with Crippen LogP contribution in [0.5, 0.6) is 0 Å². The largest absolute Gasteiger partial charge is 0.340 e. The Morgan fingerprint density at radius 1 is 1.15 bits per heavy atom. The number of fused-ring (bicyclic) bond motifs is 1. The summed E-state index contributed by atoms with van der Waals surface area (Å²) in [6.07, 6.45) is 1.67. The lowest BCUT2D eigenvalue weighted by atomic mass is 10.0. The molecular weight excluding hydrogens is 346 g/mol. The number of halogens is 1. The zero-order valence-corrected chi connectivity index (χ0v) is 16.0. The van der Waals surface area contributed by atoms with E-state index in [4.69, 9.17) is 11.6 Å². The second-order valence-electron chi connectivity index (χ2n) is 6.13. The van der Waals surface area contributed by atoms with Crippen LogP contribution in [0.4, 0.5) is 11.5 Å². The Labute approximate surface area is 158 Å². The Morgan fingerprint density at radius 2 is 1.88 bits per heavy atom. The van der Waals surface area contributed by atoms with Crippen molar-refractivity contribution in [3.63, 3.8) is 0 Å². The van der Waals surface area contributed by atoms with E-state index in [-0.39, 0.29) is 5.91 Å². The summed E-state index contributed by atoms with van der Waals surface area (Å²) < 4.78 is 0. The maximum absolute atomic E-state index is 12.9. The second kappa shape index (κ2) is 7.75. The number of nitrogens with one attached hydrogen (secondary N) is 1. The minimum atomic E-state index is 0.0103. The fourth-order valence-electron chi connectivity index (χ4n) is 3.13. The van der Waals surface area contributed by atoms with E-state index in [1.54, 1.807) is 6.20 Å². The number of pyridine rings is 1. The molecule has 3 aromatic rings. The number of nitrogens with zero attached hydrogens (tertiary/aromatic N) is 2. The monoisotopic (exact) mass is 367 g/mol. The van der Waals surface area contributed by atoms with Crippen LogP contribution in [0, 0.1) is 6.92 Å². The number of carbonyl (C=O) groups excluding carboxylic acids is 1. The topological polar surface area (TPSA) is 45.2 Å². The average Bonchev–Trinajstić information content (AvgIpc) is 2.63. The molecule has 3 rings (SSSR count). The fraction of sp³-hybridized carbons (Fsp3) is 0.238. The van der Waals surface area contributed by atoms with Crippen LogP contribution < -0.4 is 5.32 Å². The first-order valence-electron chi connectivity index (χ1n) is 8.75. The third-order valence-electron chi connectivity index (χ3n) is 4.49. The Balaban J connectivity index is 2.12. The zero-order chi connectivity index (χ0) is 18.7. The van der Waals surface area contributed by atoms with Gasteiger partial charge in [-0.1, -0.05) is 35.9 Å². The summed E-state index contributed by atoms with van der Waals surface area (Å²) >= 11 is 6.08. The smallest absolute Gasteiger partial charge is 0.256 e. The van der Waals surface area contributed by atoms with E-state index in [1.165, 1.54) is 0 Å². The Hall–Kier alpha value is -2.59. The Bertz CT molecular complexity index is 951. The maximum Gasteiger partial charge on any atom is 0.256 e. The lowest BCUT2D eigenvalue weighted by molar-refractivity contribution is 0.0774. The highest BCUT2D eigenvalue weighted by molar-refractivity contribution is 6.30. The number of carbonyl (C=O) groups is 1. The van der Waals surface area contributed by atoms with Gasteiger partial charge in [-0.05, 0) is 44.5 Å². The van der Waals surface area contributed by atoms with Crippen molar-refractivity contribution in [1.82, 2.24) is 9.88 Å². The molecule has 0 radical (unpaired) electrons. The number of anilines is 2. The van der Waals surface area contributed by atoms with Gasteiger partial charge in [-0.25, -0.2) is 4.98 Å². The Morgan fingerprint density at radius 3 is 2.58 bits per heavy atom. The molecule has 4 nitrogen and oxygen atoms in total. The average molecular weight is 368 g/mol. The summed E-state index contributed by atoms with van der Waals surface area (Å²) in [5.41, 5.74) is 2.55. The van der Waals surface area contributed by atoms with Crippen LogP contribution in [0.1, 0.15) is 29.8 Å². The SMILES string of the molecule is CCN(CC)C(=O)c1cnc(Nc2cccc(Cl)c2)c2cccc(C)c12. The molecule has 1 amide bonds. The van der Waals surface area contributed by atoms with Crippen molar-refractivity contribution in [1.29, 1.82) is 0 Å². The third kappa shape index (κ3) is 3.51. The predicted octanol–water partition coefficient (Wildman–Crippen LogP) is 5.42. The van der Waals surface area contributed by atoms with E-state index in [1.807, 2.05) is 68.1 Å². The van der Waals surface area contributed by atoms with Crippen LogP contribution in [-0.2, 0) is 0 Å². The molecule has 0 spiro atoms. The van der Waals surface area contributed by atoms with Gasteiger partial charge in [-0.3, -0.25) is 4.79 Å². The molecule has 2 aromatic carbocycles. The molecule has 0 aliphatic carbocycles. The molecule has 0 unspecified atom stereocenters. The number of rotatable bonds is 5. The highest BCUT2D eigenvalue weighted by Gasteiger charge is 2.19. The van der Waals surface area contributed by atoms with E-state index in [0.717, 1.165) is 22.0 Å². The normalized spacial score (nSPS) is 10.8. The van der Waals surface area contributed by atoms with Crippen molar-refractivity contribution in [2.75, 3.05) is 18.4 Å². The van der Waals surface area contributed by atoms with Gasteiger partial charge in [0.2, 0.25) is 0 Å². The van der Waals surface area contributed by atoms with E-state index in [0.29, 0.717) is 29.5 Å². The summed E-state index contributed by atoms with van der Waals surface area (Å²) in [7, 11) is 0. The lowest BCUT2D eigenvalue weighted by Gasteiger charge is -2.21. The molecule has 0 saturated heterocycles. The number of hydrogen-bond acceptors (Lipinski definition) is 3. The van der Waals surface area contributed by atoms with Crippen LogP contribution in [0.15, 0.2) is 48.7 Å². The molecule has 0 saturated carbocycles. The highest BCUT2D eigenvalue weighted by Crippen LogP contribution is 2.30. The number of aryl methyl sites for hydroxylation is 1. The second-order valence-corrected chi connectivity index (χ2v) is 6.57. The van der Waals surface area contributed by atoms with E-state index in [2.05, 4.69) is 10.3 Å². The number of aromatic nitrogens is 1. The molecule has 1 aromatic heterocycles. The van der Waals surface area contributed by atoms with Crippen LogP contribution in [-0.4, -0.2) is 28.9 Å². The molecule has 26 heavy (non-hydrogen) atoms. The fourth-order valence-corrected chi connectivity index (χ4v) is 3.32. The van der Waals surface area contributed by atoms with Crippen LogP contribution in [0.2, 0.25) is 5.02 Å². The summed E-state index contributed by atoms with van der Waals surface area (Å²) in [6.45, 7) is 7.33. The summed E-state index contributed by atoms with van der Waals surface area (Å²) in [5.74, 6) is 0.721. The van der Waals surface area contributed by atoms with Gasteiger partial charge in [0.1, 0.15) is 5.82 Å². The highest BCUT2D eigenvalue weighted by atomic mass is 35.5. The number of benzene rings is 2. The van der Waals surface area contributed by atoms with Gasteiger partial charge in [0, 0.05) is 40.8 Å². The van der Waals surface area contributed by atoms with E-state index < -0.39 is 0 Å². The van der Waals surface area contributed by atoms with E-state index in [9.17, 15) is 4.79 Å². The molecule has 1 N–H and O–H groups in total. The molecule has 5 heteroatoms. The van der Waals surface area contributed by atoms with Crippen LogP contribution in [0.25, 0.3) is 10.8 Å². The van der Waals surface area contributed by atoms with Crippen molar-refractivity contribution in [3.8, 4) is 0 Å². The van der Waals surface area contributed by atoms with E-state index >= 15 is 0 Å². The van der Waals surface area contributed by atoms with Gasteiger partial charge in [0.25, 0.3) is 5.91 Å². The van der Waals surface area contributed by atoms with Crippen molar-refractivity contribution in [2.45, 2.75) is 20.8 Å². The summed E-state index contributed by atoms with van der Waals surface area (Å²) in [5, 5.41) is 5.83. The van der Waals surface area contributed by atoms with Crippen molar-refractivity contribution >= 4 is 39.8 Å². The number of hydrogen-bond donors (Lipinski definition) is 1. The Kier molecular flexibility index (Phi) is 5.43. The first kappa shape index (κ1) is 18.2. The molecular formula is C21H22ClN3O. The molecule has 0 aliphatic heterocycles. The quantitative estimate of drug-likeness (QED) is 0.654. The van der Waals surface area contributed by atoms with Gasteiger partial charge < -0.3 is 10.2 Å². The van der Waals surface area contributed by atoms with Gasteiger partial charge >= 0.3 is 0 Å². The summed E-state index contributed by atoms with van der Waals surface area (Å²) in [4.78, 5) is 19.3. The van der Waals surface area contributed by atoms with Gasteiger partial charge in [0.15, 0.2) is 0 Å². The predicted molar refractivity (Wildman–Crippen MR) is 108 cm³/mol. The minimum Gasteiger partial charge on any atom is -0.340 e. The van der Waals surface area contributed by atoms with Crippen molar-refractivity contribution in [2.24, 2.45) is 0 Å². The van der Waals surface area contributed by atoms with Gasteiger partial charge in [0.05, 0.1) is 5.56 Å². The molecule has 0 aliphatic rings. The third-order valence-corrected chi connectivity index (χ3v) is 4.72. The van der Waals surface area contributed by atoms with Gasteiger partial charge in [-0.15, -0.1) is 0 Å². The van der Waals surface area contributed by atoms with Crippen molar-refractivity contribution < 1.29 is 4.79 Å². The minimum absolute atomic E-state index is 0.0103. The molecule has 1 heterocycles. The molecule has 0 bridgehead atoms. The van der Waals surface area contributed by atoms with Crippen molar-refractivity contribution in [3.05, 3.63) is 64.8 Å². The standard InChI is InChI=1S/C21H22ClN3O/c1-4-25(5-2)21(26)18-13-23-20(17-11-6-8-14(3)19(17)18)24-16-10-7-9-15(22)12-16/h6-13H,4-5H2,1-3H3,(H,23,24). The first-order chi connectivity index (χ1) is 12.5. The van der Waals surface area contributed by atoms with Crippen LogP contribution >= 0.6 is 11.6 Å². The first-order valence-corrected chi connectivity index (χ1v) is 9.13. The number of amides is 1. The van der Waals surface area contributed by atoms with Gasteiger partial charge in [-0.2, -0.15) is 0 Å². The zero-order valence-electron chi connectivity index (χ0n) is 15.2.